The lowest BCUT2D eigenvalue weighted by molar-refractivity contribution is 0.448. The predicted molar refractivity (Wildman–Crippen MR) is 71.0 cm³/mol. The van der Waals surface area contributed by atoms with Gasteiger partial charge in [0, 0.05) is 18.9 Å². The first kappa shape index (κ1) is 12.1. The maximum atomic E-state index is 4.56. The molecule has 0 spiro atoms. The SMILES string of the molecule is CCC(CC)CNCc1cn2ccccc2n1. The fourth-order valence-electron chi connectivity index (χ4n) is 2.05. The molecule has 0 atom stereocenters. The van der Waals surface area contributed by atoms with E-state index in [1.54, 1.807) is 0 Å². The summed E-state index contributed by atoms with van der Waals surface area (Å²) in [6.45, 7) is 6.45. The van der Waals surface area contributed by atoms with Crippen LogP contribution in [-0.2, 0) is 6.54 Å². The van der Waals surface area contributed by atoms with E-state index in [-0.39, 0.29) is 0 Å². The van der Waals surface area contributed by atoms with Gasteiger partial charge in [0.25, 0.3) is 0 Å². The van der Waals surface area contributed by atoms with Gasteiger partial charge in [-0.15, -0.1) is 0 Å². The highest BCUT2D eigenvalue weighted by Gasteiger charge is 2.04. The van der Waals surface area contributed by atoms with Gasteiger partial charge in [0.2, 0.25) is 0 Å². The van der Waals surface area contributed by atoms with Crippen molar-refractivity contribution in [3.8, 4) is 0 Å². The minimum atomic E-state index is 0.784. The van der Waals surface area contributed by atoms with Crippen LogP contribution in [0.5, 0.6) is 0 Å². The number of pyridine rings is 1. The van der Waals surface area contributed by atoms with E-state index in [0.29, 0.717) is 0 Å². The lowest BCUT2D eigenvalue weighted by Crippen LogP contribution is -2.21. The van der Waals surface area contributed by atoms with Crippen LogP contribution in [0.2, 0.25) is 0 Å². The van der Waals surface area contributed by atoms with E-state index in [0.717, 1.165) is 30.3 Å². The molecule has 0 saturated heterocycles. The molecule has 2 aromatic heterocycles. The normalized spacial score (nSPS) is 11.5. The Morgan fingerprint density at radius 3 is 2.82 bits per heavy atom. The van der Waals surface area contributed by atoms with E-state index in [1.807, 2.05) is 24.4 Å². The van der Waals surface area contributed by atoms with E-state index in [9.17, 15) is 0 Å². The minimum Gasteiger partial charge on any atom is -0.311 e. The number of imidazole rings is 1. The second-order valence-electron chi connectivity index (χ2n) is 4.51. The smallest absolute Gasteiger partial charge is 0.137 e. The Morgan fingerprint density at radius 1 is 1.29 bits per heavy atom. The van der Waals surface area contributed by atoms with Gasteiger partial charge in [-0.25, -0.2) is 4.98 Å². The van der Waals surface area contributed by atoms with E-state index in [1.165, 1.54) is 12.8 Å². The molecule has 0 aliphatic rings. The quantitative estimate of drug-likeness (QED) is 0.828. The Morgan fingerprint density at radius 2 is 2.12 bits per heavy atom. The van der Waals surface area contributed by atoms with Crippen molar-refractivity contribution in [1.29, 1.82) is 0 Å². The van der Waals surface area contributed by atoms with Crippen molar-refractivity contribution >= 4 is 5.65 Å². The van der Waals surface area contributed by atoms with Crippen molar-refractivity contribution in [2.75, 3.05) is 6.54 Å². The average molecular weight is 231 g/mol. The van der Waals surface area contributed by atoms with Crippen molar-refractivity contribution in [2.45, 2.75) is 33.2 Å². The first-order chi connectivity index (χ1) is 8.33. The van der Waals surface area contributed by atoms with Gasteiger partial charge in [-0.1, -0.05) is 32.8 Å². The Labute approximate surface area is 103 Å². The van der Waals surface area contributed by atoms with Crippen molar-refractivity contribution in [1.82, 2.24) is 14.7 Å². The first-order valence-corrected chi connectivity index (χ1v) is 6.46. The van der Waals surface area contributed by atoms with E-state index >= 15 is 0 Å². The van der Waals surface area contributed by atoms with Crippen LogP contribution in [0.25, 0.3) is 5.65 Å². The summed E-state index contributed by atoms with van der Waals surface area (Å²) in [5.41, 5.74) is 2.13. The molecule has 2 rings (SSSR count). The number of hydrogen-bond donors (Lipinski definition) is 1. The van der Waals surface area contributed by atoms with Gasteiger partial charge in [-0.3, -0.25) is 0 Å². The zero-order chi connectivity index (χ0) is 12.1. The van der Waals surface area contributed by atoms with Gasteiger partial charge in [-0.05, 0) is 24.6 Å². The molecule has 0 saturated carbocycles. The number of rotatable bonds is 6. The van der Waals surface area contributed by atoms with Crippen molar-refractivity contribution in [2.24, 2.45) is 5.92 Å². The maximum Gasteiger partial charge on any atom is 0.137 e. The highest BCUT2D eigenvalue weighted by Crippen LogP contribution is 2.07. The number of fused-ring (bicyclic) bond motifs is 1. The molecule has 0 bridgehead atoms. The van der Waals surface area contributed by atoms with E-state index < -0.39 is 0 Å². The monoisotopic (exact) mass is 231 g/mol. The fraction of sp³-hybridized carbons (Fsp3) is 0.500. The van der Waals surface area contributed by atoms with Gasteiger partial charge >= 0.3 is 0 Å². The number of aromatic nitrogens is 2. The molecule has 2 heterocycles. The lowest BCUT2D eigenvalue weighted by Gasteiger charge is -2.12. The zero-order valence-corrected chi connectivity index (χ0v) is 10.7. The third-order valence-corrected chi connectivity index (χ3v) is 3.31. The van der Waals surface area contributed by atoms with Crippen molar-refractivity contribution in [3.05, 3.63) is 36.3 Å². The molecule has 0 radical (unpaired) electrons. The molecule has 2 aromatic rings. The average Bonchev–Trinajstić information content (AvgIpc) is 2.77. The standard InChI is InChI=1S/C14H21N3/c1-3-12(4-2)9-15-10-13-11-17-8-6-5-7-14(17)16-13/h5-8,11-12,15H,3-4,9-10H2,1-2H3. The summed E-state index contributed by atoms with van der Waals surface area (Å²) < 4.78 is 2.06. The largest absolute Gasteiger partial charge is 0.311 e. The van der Waals surface area contributed by atoms with Crippen LogP contribution in [0.4, 0.5) is 0 Å². The highest BCUT2D eigenvalue weighted by molar-refractivity contribution is 5.39. The van der Waals surface area contributed by atoms with Crippen LogP contribution in [0.15, 0.2) is 30.6 Å². The van der Waals surface area contributed by atoms with Crippen LogP contribution in [0.3, 0.4) is 0 Å². The van der Waals surface area contributed by atoms with Gasteiger partial charge in [-0.2, -0.15) is 0 Å². The van der Waals surface area contributed by atoms with Gasteiger partial charge in [0.1, 0.15) is 5.65 Å². The Kier molecular flexibility index (Phi) is 4.15. The third kappa shape index (κ3) is 3.07. The Hall–Kier alpha value is -1.35. The van der Waals surface area contributed by atoms with E-state index in [4.69, 9.17) is 0 Å². The third-order valence-electron chi connectivity index (χ3n) is 3.31. The van der Waals surface area contributed by atoms with Crippen LogP contribution in [0, 0.1) is 5.92 Å². The second kappa shape index (κ2) is 5.82. The molecule has 92 valence electrons. The Bertz CT molecular complexity index is 424. The maximum absolute atomic E-state index is 4.56. The van der Waals surface area contributed by atoms with Gasteiger partial charge < -0.3 is 9.72 Å². The molecular weight excluding hydrogens is 210 g/mol. The minimum absolute atomic E-state index is 0.784. The second-order valence-corrected chi connectivity index (χ2v) is 4.51. The van der Waals surface area contributed by atoms with E-state index in [2.05, 4.69) is 34.7 Å². The molecule has 0 fully saturated rings. The molecule has 0 unspecified atom stereocenters. The van der Waals surface area contributed by atoms with Crippen molar-refractivity contribution < 1.29 is 0 Å². The molecule has 3 heteroatoms. The summed E-state index contributed by atoms with van der Waals surface area (Å²) in [6.07, 6.45) is 6.62. The molecule has 0 amide bonds. The lowest BCUT2D eigenvalue weighted by atomic mass is 10.0. The summed E-state index contributed by atoms with van der Waals surface area (Å²) >= 11 is 0. The Balaban J connectivity index is 1.90. The van der Waals surface area contributed by atoms with Gasteiger partial charge in [0.05, 0.1) is 5.69 Å². The molecule has 0 aromatic carbocycles. The molecule has 0 aliphatic carbocycles. The zero-order valence-electron chi connectivity index (χ0n) is 10.7. The fourth-order valence-corrected chi connectivity index (χ4v) is 2.05. The summed E-state index contributed by atoms with van der Waals surface area (Å²) in [7, 11) is 0. The number of nitrogens with one attached hydrogen (secondary N) is 1. The predicted octanol–water partition coefficient (Wildman–Crippen LogP) is 2.86. The molecular formula is C14H21N3. The van der Waals surface area contributed by atoms with Crippen LogP contribution in [0.1, 0.15) is 32.4 Å². The van der Waals surface area contributed by atoms with Crippen molar-refractivity contribution in [3.63, 3.8) is 0 Å². The molecule has 1 N–H and O–H groups in total. The number of nitrogens with zero attached hydrogens (tertiary/aromatic N) is 2. The number of hydrogen-bond acceptors (Lipinski definition) is 2. The molecule has 17 heavy (non-hydrogen) atoms. The van der Waals surface area contributed by atoms with Gasteiger partial charge in [0.15, 0.2) is 0 Å². The van der Waals surface area contributed by atoms with Crippen LogP contribution < -0.4 is 5.32 Å². The topological polar surface area (TPSA) is 29.3 Å². The first-order valence-electron chi connectivity index (χ1n) is 6.46. The van der Waals surface area contributed by atoms with Crippen LogP contribution >= 0.6 is 0 Å². The summed E-state index contributed by atoms with van der Waals surface area (Å²) in [4.78, 5) is 4.56. The summed E-state index contributed by atoms with van der Waals surface area (Å²) in [5.74, 6) is 0.784. The molecule has 3 nitrogen and oxygen atoms in total. The summed E-state index contributed by atoms with van der Waals surface area (Å²) in [5, 5.41) is 3.49. The molecule has 0 aliphatic heterocycles. The highest BCUT2D eigenvalue weighted by atomic mass is 15.0. The summed E-state index contributed by atoms with van der Waals surface area (Å²) in [6, 6.07) is 6.07. The van der Waals surface area contributed by atoms with Crippen LogP contribution in [-0.4, -0.2) is 15.9 Å².